The number of ketones is 2. The zero-order valence-electron chi connectivity index (χ0n) is 6.39. The number of hydrogen-bond acceptors (Lipinski definition) is 3. The van der Waals surface area contributed by atoms with Gasteiger partial charge in [0, 0.05) is 12.0 Å². The van der Waals surface area contributed by atoms with Crippen LogP contribution < -0.4 is 0 Å². The molecule has 0 aromatic carbocycles. The van der Waals surface area contributed by atoms with Crippen LogP contribution >= 0.6 is 0 Å². The number of carbonyl (C=O) groups excluding carboxylic acids is 2. The molecule has 0 saturated carbocycles. The first-order valence-electron chi connectivity index (χ1n) is 3.59. The van der Waals surface area contributed by atoms with E-state index in [9.17, 15) is 9.59 Å². The monoisotopic (exact) mass is 154 g/mol. The van der Waals surface area contributed by atoms with Gasteiger partial charge < -0.3 is 5.11 Å². The molecule has 11 heavy (non-hydrogen) atoms. The highest BCUT2D eigenvalue weighted by Gasteiger charge is 2.21. The van der Waals surface area contributed by atoms with E-state index in [1.165, 1.54) is 6.92 Å². The molecule has 0 aromatic heterocycles. The Bertz CT molecular complexity index is 238. The van der Waals surface area contributed by atoms with Crippen molar-refractivity contribution in [2.45, 2.75) is 26.2 Å². The Morgan fingerprint density at radius 3 is 2.55 bits per heavy atom. The highest BCUT2D eigenvalue weighted by molar-refractivity contribution is 6.04. The number of aliphatic hydroxyl groups is 1. The van der Waals surface area contributed by atoms with Gasteiger partial charge >= 0.3 is 0 Å². The molecule has 0 bridgehead atoms. The third-order valence-corrected chi connectivity index (χ3v) is 1.81. The summed E-state index contributed by atoms with van der Waals surface area (Å²) in [6, 6.07) is 0. The van der Waals surface area contributed by atoms with E-state index in [1.54, 1.807) is 0 Å². The molecule has 0 fully saturated rings. The second-order valence-electron chi connectivity index (χ2n) is 2.66. The Morgan fingerprint density at radius 2 is 2.09 bits per heavy atom. The van der Waals surface area contributed by atoms with Crippen LogP contribution in [-0.4, -0.2) is 16.7 Å². The molecule has 0 aromatic rings. The van der Waals surface area contributed by atoms with Gasteiger partial charge in [0.15, 0.2) is 17.3 Å². The van der Waals surface area contributed by atoms with Crippen molar-refractivity contribution in [3.8, 4) is 0 Å². The summed E-state index contributed by atoms with van der Waals surface area (Å²) < 4.78 is 0. The summed E-state index contributed by atoms with van der Waals surface area (Å²) in [6.07, 6.45) is 1.58. The van der Waals surface area contributed by atoms with Crippen LogP contribution in [0.3, 0.4) is 0 Å². The number of Topliss-reactive ketones (excluding diaryl/α,β-unsaturated/α-hetero) is 2. The Balaban J connectivity index is 2.98. The first-order chi connectivity index (χ1) is 5.13. The average molecular weight is 154 g/mol. The lowest BCUT2D eigenvalue weighted by atomic mass is 9.94. The summed E-state index contributed by atoms with van der Waals surface area (Å²) in [5.74, 6) is -0.819. The van der Waals surface area contributed by atoms with Crippen LogP contribution in [0.5, 0.6) is 0 Å². The molecule has 0 heterocycles. The molecule has 1 aliphatic carbocycles. The molecule has 1 aliphatic rings. The van der Waals surface area contributed by atoms with Crippen LogP contribution in [0.25, 0.3) is 0 Å². The van der Waals surface area contributed by atoms with Gasteiger partial charge in [-0.15, -0.1) is 0 Å². The third kappa shape index (κ3) is 1.48. The van der Waals surface area contributed by atoms with Crippen molar-refractivity contribution in [3.05, 3.63) is 11.3 Å². The molecule has 0 radical (unpaired) electrons. The molecule has 3 nitrogen and oxygen atoms in total. The first-order valence-corrected chi connectivity index (χ1v) is 3.59. The summed E-state index contributed by atoms with van der Waals surface area (Å²) in [5, 5.41) is 9.12. The first kappa shape index (κ1) is 7.98. The topological polar surface area (TPSA) is 54.4 Å². The van der Waals surface area contributed by atoms with Crippen molar-refractivity contribution in [3.63, 3.8) is 0 Å². The van der Waals surface area contributed by atoms with Crippen LogP contribution in [0.2, 0.25) is 0 Å². The summed E-state index contributed by atoms with van der Waals surface area (Å²) in [4.78, 5) is 21.6. The van der Waals surface area contributed by atoms with E-state index in [0.29, 0.717) is 24.8 Å². The molecule has 0 atom stereocenters. The van der Waals surface area contributed by atoms with Gasteiger partial charge in [-0.2, -0.15) is 0 Å². The van der Waals surface area contributed by atoms with Crippen molar-refractivity contribution in [1.29, 1.82) is 0 Å². The van der Waals surface area contributed by atoms with Gasteiger partial charge in [0.2, 0.25) is 0 Å². The number of rotatable bonds is 1. The molecular formula is C8H10O3. The summed E-state index contributed by atoms with van der Waals surface area (Å²) >= 11 is 0. The van der Waals surface area contributed by atoms with Crippen molar-refractivity contribution in [2.24, 2.45) is 0 Å². The Labute approximate surface area is 64.7 Å². The largest absolute Gasteiger partial charge is 0.504 e. The molecule has 60 valence electrons. The average Bonchev–Trinajstić information content (AvgIpc) is 1.94. The van der Waals surface area contributed by atoms with Gasteiger partial charge in [-0.3, -0.25) is 9.59 Å². The SMILES string of the molecule is CC(=O)C1=C(O)C(=O)CCC1. The number of hydrogen-bond donors (Lipinski definition) is 1. The lowest BCUT2D eigenvalue weighted by molar-refractivity contribution is -0.120. The van der Waals surface area contributed by atoms with Crippen LogP contribution in [0.15, 0.2) is 11.3 Å². The Hall–Kier alpha value is -1.12. The second kappa shape index (κ2) is 2.86. The van der Waals surface area contributed by atoms with Gasteiger partial charge in [0.1, 0.15) is 0 Å². The van der Waals surface area contributed by atoms with Crippen LogP contribution in [0, 0.1) is 0 Å². The van der Waals surface area contributed by atoms with E-state index >= 15 is 0 Å². The molecule has 0 spiro atoms. The van der Waals surface area contributed by atoms with E-state index < -0.39 is 0 Å². The molecule has 0 amide bonds. The molecular weight excluding hydrogens is 144 g/mol. The van der Waals surface area contributed by atoms with Crippen molar-refractivity contribution in [1.82, 2.24) is 0 Å². The fourth-order valence-electron chi connectivity index (χ4n) is 1.17. The van der Waals surface area contributed by atoms with Gasteiger partial charge in [-0.25, -0.2) is 0 Å². The standard InChI is InChI=1S/C8H10O3/c1-5(9)6-3-2-4-7(10)8(6)11/h11H,2-4H2,1H3. The maximum absolute atomic E-state index is 10.8. The van der Waals surface area contributed by atoms with E-state index in [-0.39, 0.29) is 17.3 Å². The highest BCUT2D eigenvalue weighted by Crippen LogP contribution is 2.20. The maximum Gasteiger partial charge on any atom is 0.197 e. The Kier molecular flexibility index (Phi) is 2.08. The zero-order valence-corrected chi connectivity index (χ0v) is 6.39. The second-order valence-corrected chi connectivity index (χ2v) is 2.66. The molecule has 1 rings (SSSR count). The lowest BCUT2D eigenvalue weighted by Crippen LogP contribution is -2.14. The van der Waals surface area contributed by atoms with Crippen molar-refractivity contribution in [2.75, 3.05) is 0 Å². The normalized spacial score (nSPS) is 18.8. The molecule has 1 N–H and O–H groups in total. The number of carbonyl (C=O) groups is 2. The Morgan fingerprint density at radius 1 is 1.45 bits per heavy atom. The summed E-state index contributed by atoms with van der Waals surface area (Å²) in [6.45, 7) is 1.37. The predicted molar refractivity (Wildman–Crippen MR) is 39.2 cm³/mol. The third-order valence-electron chi connectivity index (χ3n) is 1.81. The number of allylic oxidation sites excluding steroid dienone is 2. The van der Waals surface area contributed by atoms with E-state index in [4.69, 9.17) is 5.11 Å². The molecule has 3 heteroatoms. The molecule has 0 saturated heterocycles. The maximum atomic E-state index is 10.8. The predicted octanol–water partition coefficient (Wildman–Crippen LogP) is 1.14. The smallest absolute Gasteiger partial charge is 0.197 e. The summed E-state index contributed by atoms with van der Waals surface area (Å²) in [7, 11) is 0. The van der Waals surface area contributed by atoms with Gasteiger partial charge in [0.05, 0.1) is 0 Å². The van der Waals surface area contributed by atoms with Gasteiger partial charge in [0.25, 0.3) is 0 Å². The van der Waals surface area contributed by atoms with Crippen LogP contribution in [0.1, 0.15) is 26.2 Å². The minimum Gasteiger partial charge on any atom is -0.504 e. The molecule has 0 aliphatic heterocycles. The van der Waals surface area contributed by atoms with E-state index in [0.717, 1.165) is 0 Å². The summed E-state index contributed by atoms with van der Waals surface area (Å²) in [5.41, 5.74) is 0.293. The lowest BCUT2D eigenvalue weighted by Gasteiger charge is -2.11. The van der Waals surface area contributed by atoms with Gasteiger partial charge in [-0.05, 0) is 19.8 Å². The number of aliphatic hydroxyl groups excluding tert-OH is 1. The van der Waals surface area contributed by atoms with E-state index in [2.05, 4.69) is 0 Å². The minimum absolute atomic E-state index is 0.199. The van der Waals surface area contributed by atoms with Gasteiger partial charge in [-0.1, -0.05) is 0 Å². The fraction of sp³-hybridized carbons (Fsp3) is 0.500. The van der Waals surface area contributed by atoms with Crippen LogP contribution in [0.4, 0.5) is 0 Å². The van der Waals surface area contributed by atoms with E-state index in [1.807, 2.05) is 0 Å². The minimum atomic E-state index is -0.316. The quantitative estimate of drug-likeness (QED) is 0.616. The fourth-order valence-corrected chi connectivity index (χ4v) is 1.17. The van der Waals surface area contributed by atoms with Crippen molar-refractivity contribution >= 4 is 11.6 Å². The van der Waals surface area contributed by atoms with Crippen molar-refractivity contribution < 1.29 is 14.7 Å². The highest BCUT2D eigenvalue weighted by atomic mass is 16.3. The van der Waals surface area contributed by atoms with Crippen LogP contribution in [-0.2, 0) is 9.59 Å². The zero-order chi connectivity index (χ0) is 8.43. The molecule has 0 unspecified atom stereocenters.